The molecule has 0 aromatic heterocycles. The van der Waals surface area contributed by atoms with Crippen molar-refractivity contribution in [3.63, 3.8) is 0 Å². The van der Waals surface area contributed by atoms with Crippen molar-refractivity contribution in [2.24, 2.45) is 0 Å². The minimum absolute atomic E-state index is 0.142. The maximum Gasteiger partial charge on any atom is 0.241 e. The SMILES string of the molecule is CC(C(=O)Nc1cc(N)ccc1F)N1CCSCC1. The number of nitrogens with one attached hydrogen (secondary N) is 1. The quantitative estimate of drug-likeness (QED) is 0.830. The number of anilines is 2. The lowest BCUT2D eigenvalue weighted by Crippen LogP contribution is -2.46. The highest BCUT2D eigenvalue weighted by molar-refractivity contribution is 7.99. The number of hydrogen-bond acceptors (Lipinski definition) is 4. The Morgan fingerprint density at radius 3 is 2.84 bits per heavy atom. The molecular weight excluding hydrogens is 265 g/mol. The monoisotopic (exact) mass is 283 g/mol. The third kappa shape index (κ3) is 3.61. The average molecular weight is 283 g/mol. The molecule has 1 aliphatic rings. The molecular formula is C13H18FN3OS. The van der Waals surface area contributed by atoms with Crippen molar-refractivity contribution >= 4 is 29.0 Å². The average Bonchev–Trinajstić information content (AvgIpc) is 2.43. The van der Waals surface area contributed by atoms with E-state index in [0.717, 1.165) is 24.6 Å². The van der Waals surface area contributed by atoms with Gasteiger partial charge in [0.05, 0.1) is 11.7 Å². The van der Waals surface area contributed by atoms with Crippen molar-refractivity contribution in [3.05, 3.63) is 24.0 Å². The summed E-state index contributed by atoms with van der Waals surface area (Å²) >= 11 is 1.89. The van der Waals surface area contributed by atoms with Crippen LogP contribution in [0.2, 0.25) is 0 Å². The third-order valence-electron chi connectivity index (χ3n) is 3.22. The molecule has 4 nitrogen and oxygen atoms in total. The molecule has 19 heavy (non-hydrogen) atoms. The van der Waals surface area contributed by atoms with Crippen LogP contribution in [0.1, 0.15) is 6.92 Å². The molecule has 0 spiro atoms. The summed E-state index contributed by atoms with van der Waals surface area (Å²) in [5, 5.41) is 2.61. The van der Waals surface area contributed by atoms with Gasteiger partial charge in [0.1, 0.15) is 5.82 Å². The van der Waals surface area contributed by atoms with E-state index in [9.17, 15) is 9.18 Å². The van der Waals surface area contributed by atoms with Gasteiger partial charge in [0, 0.05) is 30.3 Å². The summed E-state index contributed by atoms with van der Waals surface area (Å²) in [6, 6.07) is 3.90. The van der Waals surface area contributed by atoms with E-state index in [1.807, 2.05) is 18.7 Å². The van der Waals surface area contributed by atoms with E-state index in [1.54, 1.807) is 0 Å². The van der Waals surface area contributed by atoms with Crippen molar-refractivity contribution in [1.82, 2.24) is 4.90 Å². The van der Waals surface area contributed by atoms with Gasteiger partial charge in [0.25, 0.3) is 0 Å². The van der Waals surface area contributed by atoms with E-state index in [0.29, 0.717) is 5.69 Å². The van der Waals surface area contributed by atoms with E-state index in [2.05, 4.69) is 10.2 Å². The van der Waals surface area contributed by atoms with Gasteiger partial charge in [0.15, 0.2) is 0 Å². The molecule has 0 bridgehead atoms. The van der Waals surface area contributed by atoms with Gasteiger partial charge >= 0.3 is 0 Å². The fourth-order valence-corrected chi connectivity index (χ4v) is 2.94. The number of halogens is 1. The van der Waals surface area contributed by atoms with Gasteiger partial charge in [-0.05, 0) is 25.1 Å². The second-order valence-corrected chi connectivity index (χ2v) is 5.78. The highest BCUT2D eigenvalue weighted by atomic mass is 32.2. The smallest absolute Gasteiger partial charge is 0.241 e. The molecule has 1 aromatic rings. The molecule has 0 radical (unpaired) electrons. The van der Waals surface area contributed by atoms with Crippen LogP contribution in [0.3, 0.4) is 0 Å². The van der Waals surface area contributed by atoms with E-state index in [-0.39, 0.29) is 17.6 Å². The van der Waals surface area contributed by atoms with Crippen molar-refractivity contribution in [2.45, 2.75) is 13.0 Å². The maximum absolute atomic E-state index is 13.5. The number of thioether (sulfide) groups is 1. The van der Waals surface area contributed by atoms with E-state index >= 15 is 0 Å². The van der Waals surface area contributed by atoms with Crippen LogP contribution in [-0.4, -0.2) is 41.4 Å². The molecule has 3 N–H and O–H groups in total. The summed E-state index contributed by atoms with van der Waals surface area (Å²) in [6.07, 6.45) is 0. The number of nitrogens with two attached hydrogens (primary N) is 1. The second kappa shape index (κ2) is 6.25. The van der Waals surface area contributed by atoms with Crippen molar-refractivity contribution < 1.29 is 9.18 Å². The van der Waals surface area contributed by atoms with Crippen LogP contribution in [0.25, 0.3) is 0 Å². The second-order valence-electron chi connectivity index (χ2n) is 4.55. The summed E-state index contributed by atoms with van der Waals surface area (Å²) in [6.45, 7) is 3.62. The van der Waals surface area contributed by atoms with Crippen LogP contribution in [0.15, 0.2) is 18.2 Å². The Balaban J connectivity index is 2.01. The normalized spacial score (nSPS) is 18.0. The molecule has 1 saturated heterocycles. The lowest BCUT2D eigenvalue weighted by molar-refractivity contribution is -0.120. The Bertz CT molecular complexity index is 463. The highest BCUT2D eigenvalue weighted by Crippen LogP contribution is 2.19. The van der Waals surface area contributed by atoms with Crippen LogP contribution < -0.4 is 11.1 Å². The van der Waals surface area contributed by atoms with Gasteiger partial charge in [-0.25, -0.2) is 4.39 Å². The summed E-state index contributed by atoms with van der Waals surface area (Å²) in [4.78, 5) is 14.2. The predicted octanol–water partition coefficient (Wildman–Crippen LogP) is 1.78. The maximum atomic E-state index is 13.5. The minimum atomic E-state index is -0.469. The predicted molar refractivity (Wildman–Crippen MR) is 77.8 cm³/mol. The first kappa shape index (κ1) is 14.1. The number of hydrogen-bond donors (Lipinski definition) is 2. The Morgan fingerprint density at radius 1 is 1.47 bits per heavy atom. The van der Waals surface area contributed by atoms with Gasteiger partial charge in [-0.1, -0.05) is 0 Å². The molecule has 0 saturated carbocycles. The first-order valence-electron chi connectivity index (χ1n) is 6.25. The molecule has 1 aromatic carbocycles. The van der Waals surface area contributed by atoms with Crippen LogP contribution in [-0.2, 0) is 4.79 Å². The molecule has 1 heterocycles. The van der Waals surface area contributed by atoms with Crippen LogP contribution in [0.5, 0.6) is 0 Å². The van der Waals surface area contributed by atoms with Gasteiger partial charge in [0.2, 0.25) is 5.91 Å². The van der Waals surface area contributed by atoms with Gasteiger partial charge < -0.3 is 11.1 Å². The molecule has 1 fully saturated rings. The zero-order valence-electron chi connectivity index (χ0n) is 10.9. The van der Waals surface area contributed by atoms with Crippen molar-refractivity contribution in [3.8, 4) is 0 Å². The van der Waals surface area contributed by atoms with Crippen molar-refractivity contribution in [2.75, 3.05) is 35.6 Å². The summed E-state index contributed by atoms with van der Waals surface area (Å²) in [5.74, 6) is 1.40. The largest absolute Gasteiger partial charge is 0.399 e. The molecule has 0 aliphatic carbocycles. The van der Waals surface area contributed by atoms with Crippen molar-refractivity contribution in [1.29, 1.82) is 0 Å². The van der Waals surface area contributed by atoms with Gasteiger partial charge in [-0.3, -0.25) is 9.69 Å². The number of benzene rings is 1. The topological polar surface area (TPSA) is 58.4 Å². The van der Waals surface area contributed by atoms with Gasteiger partial charge in [-0.2, -0.15) is 11.8 Å². The molecule has 6 heteroatoms. The Kier molecular flexibility index (Phi) is 4.66. The third-order valence-corrected chi connectivity index (χ3v) is 4.16. The minimum Gasteiger partial charge on any atom is -0.399 e. The van der Waals surface area contributed by atoms with E-state index in [1.165, 1.54) is 18.2 Å². The van der Waals surface area contributed by atoms with E-state index < -0.39 is 5.82 Å². The van der Waals surface area contributed by atoms with Gasteiger partial charge in [-0.15, -0.1) is 0 Å². The first-order chi connectivity index (χ1) is 9.08. The summed E-state index contributed by atoms with van der Waals surface area (Å²) in [7, 11) is 0. The molecule has 104 valence electrons. The number of carbonyl (C=O) groups is 1. The standard InChI is InChI=1S/C13H18FN3OS/c1-9(17-4-6-19-7-5-17)13(18)16-12-8-10(15)2-3-11(12)14/h2-3,8-9H,4-7,15H2,1H3,(H,16,18). The molecule has 1 atom stereocenters. The number of rotatable bonds is 3. The lowest BCUT2D eigenvalue weighted by Gasteiger charge is -2.31. The number of carbonyl (C=O) groups excluding carboxylic acids is 1. The molecule has 1 aliphatic heterocycles. The van der Waals surface area contributed by atoms with Crippen LogP contribution in [0.4, 0.5) is 15.8 Å². The lowest BCUT2D eigenvalue weighted by atomic mass is 10.2. The van der Waals surface area contributed by atoms with Crippen LogP contribution >= 0.6 is 11.8 Å². The number of nitrogens with zero attached hydrogens (tertiary/aromatic N) is 1. The Hall–Kier alpha value is -1.27. The first-order valence-corrected chi connectivity index (χ1v) is 7.41. The summed E-state index contributed by atoms with van der Waals surface area (Å²) < 4.78 is 13.5. The summed E-state index contributed by atoms with van der Waals surface area (Å²) in [5.41, 5.74) is 6.16. The highest BCUT2D eigenvalue weighted by Gasteiger charge is 2.23. The Labute approximate surface area is 116 Å². The van der Waals surface area contributed by atoms with E-state index in [4.69, 9.17) is 5.73 Å². The Morgan fingerprint density at radius 2 is 2.16 bits per heavy atom. The molecule has 1 unspecified atom stereocenters. The van der Waals surface area contributed by atoms with Crippen LogP contribution in [0, 0.1) is 5.82 Å². The molecule has 2 rings (SSSR count). The zero-order valence-corrected chi connectivity index (χ0v) is 11.7. The number of nitrogen functional groups attached to an aromatic ring is 1. The fourth-order valence-electron chi connectivity index (χ4n) is 2.01. The zero-order chi connectivity index (χ0) is 13.8. The fraction of sp³-hybridized carbons (Fsp3) is 0.462. The number of amides is 1. The molecule has 1 amide bonds.